The second-order valence-corrected chi connectivity index (χ2v) is 2.69. The summed E-state index contributed by atoms with van der Waals surface area (Å²) >= 11 is 0. The molecular weight excluding hydrogens is 148 g/mol. The second kappa shape index (κ2) is 4.71. The third-order valence-electron chi connectivity index (χ3n) is 1.18. The number of carboxylic acid groups (broad SMARTS) is 1. The quantitative estimate of drug-likeness (QED) is 0.600. The predicted octanol–water partition coefficient (Wildman–Crippen LogP) is 0.659. The van der Waals surface area contributed by atoms with Crippen molar-refractivity contribution in [3.05, 3.63) is 0 Å². The molecule has 1 atom stereocenters. The molecule has 0 saturated carbocycles. The molecule has 0 saturated heterocycles. The fourth-order valence-corrected chi connectivity index (χ4v) is 0.710. The smallest absolute Gasteiger partial charge is 0.345 e. The van der Waals surface area contributed by atoms with Gasteiger partial charge in [-0.3, -0.25) is 4.79 Å². The molecule has 0 aliphatic carbocycles. The molecule has 0 rings (SSSR count). The lowest BCUT2D eigenvalue weighted by atomic mass is 10.1. The summed E-state index contributed by atoms with van der Waals surface area (Å²) < 4.78 is 4.33. The molecule has 0 spiro atoms. The van der Waals surface area contributed by atoms with E-state index in [4.69, 9.17) is 5.11 Å². The minimum absolute atomic E-state index is 0.168. The Hall–Kier alpha value is -1.06. The minimum Gasteiger partial charge on any atom is -0.479 e. The van der Waals surface area contributed by atoms with Crippen molar-refractivity contribution in [1.82, 2.24) is 0 Å². The van der Waals surface area contributed by atoms with Crippen molar-refractivity contribution in [2.45, 2.75) is 26.4 Å². The number of hydrogen-bond acceptors (Lipinski definition) is 3. The van der Waals surface area contributed by atoms with Crippen LogP contribution in [-0.4, -0.2) is 23.7 Å². The third-order valence-corrected chi connectivity index (χ3v) is 1.18. The Morgan fingerprint density at radius 2 is 2.18 bits per heavy atom. The van der Waals surface area contributed by atoms with Crippen molar-refractivity contribution in [2.75, 3.05) is 0 Å². The monoisotopic (exact) mass is 160 g/mol. The Balaban J connectivity index is 3.88. The second-order valence-electron chi connectivity index (χ2n) is 2.69. The first-order valence-electron chi connectivity index (χ1n) is 3.39. The zero-order valence-corrected chi connectivity index (χ0v) is 6.61. The summed E-state index contributed by atoms with van der Waals surface area (Å²) in [5.41, 5.74) is 0. The van der Waals surface area contributed by atoms with Gasteiger partial charge in [0.25, 0.3) is 6.47 Å². The first-order chi connectivity index (χ1) is 5.07. The predicted molar refractivity (Wildman–Crippen MR) is 38.0 cm³/mol. The highest BCUT2D eigenvalue weighted by atomic mass is 16.5. The fourth-order valence-electron chi connectivity index (χ4n) is 0.710. The molecule has 0 bridgehead atoms. The average molecular weight is 160 g/mol. The third kappa shape index (κ3) is 4.36. The SMILES string of the molecule is CC(C)C[C@H](OC=O)C(=O)O. The van der Waals surface area contributed by atoms with Gasteiger partial charge in [0.15, 0.2) is 6.10 Å². The number of aliphatic carboxylic acids is 1. The van der Waals surface area contributed by atoms with Gasteiger partial charge in [0, 0.05) is 0 Å². The number of hydrogen-bond donors (Lipinski definition) is 1. The summed E-state index contributed by atoms with van der Waals surface area (Å²) in [6, 6.07) is 0. The van der Waals surface area contributed by atoms with E-state index in [0.29, 0.717) is 6.42 Å². The molecule has 0 heterocycles. The highest BCUT2D eigenvalue weighted by Crippen LogP contribution is 2.07. The normalized spacial score (nSPS) is 12.6. The molecule has 1 N–H and O–H groups in total. The molecule has 0 amide bonds. The molecule has 0 aromatic carbocycles. The van der Waals surface area contributed by atoms with Crippen LogP contribution >= 0.6 is 0 Å². The molecule has 4 heteroatoms. The molecule has 0 radical (unpaired) electrons. The van der Waals surface area contributed by atoms with Crippen LogP contribution in [-0.2, 0) is 14.3 Å². The highest BCUT2D eigenvalue weighted by Gasteiger charge is 2.19. The van der Waals surface area contributed by atoms with E-state index >= 15 is 0 Å². The Labute approximate surface area is 65.2 Å². The van der Waals surface area contributed by atoms with Crippen LogP contribution in [0.1, 0.15) is 20.3 Å². The van der Waals surface area contributed by atoms with Gasteiger partial charge in [0.05, 0.1) is 0 Å². The number of rotatable bonds is 5. The number of carboxylic acids is 1. The Kier molecular flexibility index (Phi) is 4.26. The van der Waals surface area contributed by atoms with Crippen LogP contribution in [0.2, 0.25) is 0 Å². The van der Waals surface area contributed by atoms with Gasteiger partial charge < -0.3 is 9.84 Å². The molecule has 0 aliphatic heterocycles. The number of carbonyl (C=O) groups excluding carboxylic acids is 1. The van der Waals surface area contributed by atoms with Gasteiger partial charge in [-0.15, -0.1) is 0 Å². The lowest BCUT2D eigenvalue weighted by Gasteiger charge is -2.11. The number of carbonyl (C=O) groups is 2. The van der Waals surface area contributed by atoms with Crippen LogP contribution in [0.15, 0.2) is 0 Å². The van der Waals surface area contributed by atoms with E-state index in [1.54, 1.807) is 0 Å². The molecule has 64 valence electrons. The van der Waals surface area contributed by atoms with Crippen LogP contribution in [0.3, 0.4) is 0 Å². The van der Waals surface area contributed by atoms with E-state index in [1.165, 1.54) is 0 Å². The molecule has 0 fully saturated rings. The first kappa shape index (κ1) is 9.94. The van der Waals surface area contributed by atoms with E-state index < -0.39 is 12.1 Å². The highest BCUT2D eigenvalue weighted by molar-refractivity contribution is 5.73. The van der Waals surface area contributed by atoms with Gasteiger partial charge in [0.1, 0.15) is 0 Å². The van der Waals surface area contributed by atoms with Crippen LogP contribution in [0.4, 0.5) is 0 Å². The van der Waals surface area contributed by atoms with Crippen LogP contribution in [0.25, 0.3) is 0 Å². The van der Waals surface area contributed by atoms with Crippen molar-refractivity contribution in [1.29, 1.82) is 0 Å². The molecule has 0 aliphatic rings. The zero-order valence-electron chi connectivity index (χ0n) is 6.61. The van der Waals surface area contributed by atoms with Gasteiger partial charge >= 0.3 is 5.97 Å². The maximum atomic E-state index is 10.3. The molecule has 0 unspecified atom stereocenters. The van der Waals surface area contributed by atoms with E-state index in [1.807, 2.05) is 13.8 Å². The van der Waals surface area contributed by atoms with Crippen molar-refractivity contribution in [3.8, 4) is 0 Å². The van der Waals surface area contributed by atoms with Crippen LogP contribution < -0.4 is 0 Å². The summed E-state index contributed by atoms with van der Waals surface area (Å²) in [6.45, 7) is 3.90. The average Bonchev–Trinajstić information content (AvgIpc) is 1.86. The summed E-state index contributed by atoms with van der Waals surface area (Å²) in [4.78, 5) is 20.2. The summed E-state index contributed by atoms with van der Waals surface area (Å²) in [5.74, 6) is -0.887. The largest absolute Gasteiger partial charge is 0.479 e. The van der Waals surface area contributed by atoms with E-state index in [9.17, 15) is 9.59 Å². The van der Waals surface area contributed by atoms with Gasteiger partial charge in [0.2, 0.25) is 0 Å². The molecule has 4 nitrogen and oxygen atoms in total. The van der Waals surface area contributed by atoms with Gasteiger partial charge in [-0.1, -0.05) is 13.8 Å². The van der Waals surface area contributed by atoms with Crippen molar-refractivity contribution >= 4 is 12.4 Å². The van der Waals surface area contributed by atoms with Gasteiger partial charge in [-0.25, -0.2) is 4.79 Å². The van der Waals surface area contributed by atoms with Crippen molar-refractivity contribution in [2.24, 2.45) is 5.92 Å². The van der Waals surface area contributed by atoms with Crippen molar-refractivity contribution in [3.63, 3.8) is 0 Å². The summed E-state index contributed by atoms with van der Waals surface area (Å²) in [5, 5.41) is 8.47. The molecule has 11 heavy (non-hydrogen) atoms. The van der Waals surface area contributed by atoms with Gasteiger partial charge in [-0.05, 0) is 12.3 Å². The molecular formula is C7H12O4. The van der Waals surface area contributed by atoms with Gasteiger partial charge in [-0.2, -0.15) is 0 Å². The molecule has 0 aromatic heterocycles. The maximum Gasteiger partial charge on any atom is 0.345 e. The fraction of sp³-hybridized carbons (Fsp3) is 0.714. The minimum atomic E-state index is -1.09. The number of ether oxygens (including phenoxy) is 1. The Morgan fingerprint density at radius 1 is 1.64 bits per heavy atom. The Bertz CT molecular complexity index is 141. The topological polar surface area (TPSA) is 63.6 Å². The lowest BCUT2D eigenvalue weighted by molar-refractivity contribution is -0.157. The van der Waals surface area contributed by atoms with Crippen molar-refractivity contribution < 1.29 is 19.4 Å². The van der Waals surface area contributed by atoms with E-state index in [0.717, 1.165) is 0 Å². The summed E-state index contributed by atoms with van der Waals surface area (Å²) in [7, 11) is 0. The maximum absolute atomic E-state index is 10.3. The zero-order chi connectivity index (χ0) is 8.85. The standard InChI is InChI=1S/C7H12O4/c1-5(2)3-6(7(9)10)11-4-8/h4-6H,3H2,1-2H3,(H,9,10)/t6-/m0/s1. The van der Waals surface area contributed by atoms with Crippen LogP contribution in [0.5, 0.6) is 0 Å². The first-order valence-corrected chi connectivity index (χ1v) is 3.39. The van der Waals surface area contributed by atoms with E-state index in [2.05, 4.69) is 4.74 Å². The molecule has 0 aromatic rings. The lowest BCUT2D eigenvalue weighted by Crippen LogP contribution is -2.25. The van der Waals surface area contributed by atoms with Crippen LogP contribution in [0, 0.1) is 5.92 Å². The Morgan fingerprint density at radius 3 is 2.45 bits per heavy atom. The summed E-state index contributed by atoms with van der Waals surface area (Å²) in [6.07, 6.45) is -0.638. The van der Waals surface area contributed by atoms with E-state index in [-0.39, 0.29) is 12.4 Å².